The fourth-order valence-electron chi connectivity index (χ4n) is 7.03. The Balaban J connectivity index is 1.40. The van der Waals surface area contributed by atoms with Gasteiger partial charge < -0.3 is 24.2 Å². The molecule has 0 radical (unpaired) electrons. The molecule has 1 amide bonds. The van der Waals surface area contributed by atoms with Gasteiger partial charge in [0.05, 0.1) is 11.2 Å². The van der Waals surface area contributed by atoms with E-state index in [4.69, 9.17) is 9.47 Å². The zero-order valence-electron chi connectivity index (χ0n) is 28.8. The lowest BCUT2D eigenvalue weighted by Gasteiger charge is -2.53. The standard InChI is InChI=1S/C34H54FN7O3/c1-10-42(25(4)5)32(43)27-18-26(35)13-14-29(27)45-31-30(36-23-37-38-31)40-17-15-34(20-40)21-41(22-34)28(24(2)3)12-11-16-39(8)19-33(6,7)44-9/h13-14,18,23-25,28H,10-12,15-17,19-22H2,1-9H3. The molecule has 0 bridgehead atoms. The number of aromatic nitrogens is 3. The minimum atomic E-state index is -0.499. The van der Waals surface area contributed by atoms with Crippen LogP contribution in [0.15, 0.2) is 24.5 Å². The van der Waals surface area contributed by atoms with Crippen LogP contribution in [0.1, 0.15) is 78.1 Å². The highest BCUT2D eigenvalue weighted by atomic mass is 19.1. The quantitative estimate of drug-likeness (QED) is 0.260. The Morgan fingerprint density at radius 3 is 2.56 bits per heavy atom. The van der Waals surface area contributed by atoms with Gasteiger partial charge in [-0.15, -0.1) is 10.2 Å². The van der Waals surface area contributed by atoms with E-state index < -0.39 is 5.82 Å². The molecule has 250 valence electrons. The number of hydrogen-bond donors (Lipinski definition) is 0. The number of nitrogens with zero attached hydrogens (tertiary/aromatic N) is 7. The monoisotopic (exact) mass is 627 g/mol. The van der Waals surface area contributed by atoms with E-state index in [2.05, 4.69) is 64.6 Å². The van der Waals surface area contributed by atoms with Crippen LogP contribution in [-0.2, 0) is 4.74 Å². The molecular weight excluding hydrogens is 573 g/mol. The van der Waals surface area contributed by atoms with Gasteiger partial charge in [0.2, 0.25) is 0 Å². The molecule has 1 aromatic heterocycles. The van der Waals surface area contributed by atoms with Crippen molar-refractivity contribution < 1.29 is 18.7 Å². The summed E-state index contributed by atoms with van der Waals surface area (Å²) in [6, 6.07) is 4.51. The fraction of sp³-hybridized carbons (Fsp3) is 0.706. The van der Waals surface area contributed by atoms with E-state index in [1.165, 1.54) is 30.9 Å². The summed E-state index contributed by atoms with van der Waals surface area (Å²) in [5.41, 5.74) is 0.213. The first-order valence-electron chi connectivity index (χ1n) is 16.5. The van der Waals surface area contributed by atoms with Crippen molar-refractivity contribution in [1.82, 2.24) is 29.9 Å². The number of rotatable bonds is 15. The highest BCUT2D eigenvalue weighted by Gasteiger charge is 2.50. The second-order valence-electron chi connectivity index (χ2n) is 14.2. The summed E-state index contributed by atoms with van der Waals surface area (Å²) in [6.07, 6.45) is 4.82. The van der Waals surface area contributed by atoms with Crippen molar-refractivity contribution in [3.63, 3.8) is 0 Å². The Kier molecular flexibility index (Phi) is 11.4. The fourth-order valence-corrected chi connectivity index (χ4v) is 7.03. The van der Waals surface area contributed by atoms with Crippen LogP contribution >= 0.6 is 0 Å². The molecule has 2 fully saturated rings. The van der Waals surface area contributed by atoms with Crippen molar-refractivity contribution in [3.8, 4) is 11.6 Å². The molecule has 4 rings (SSSR count). The van der Waals surface area contributed by atoms with E-state index in [-0.39, 0.29) is 40.2 Å². The normalized spacial score (nSPS) is 17.4. The average molecular weight is 628 g/mol. The third-order valence-electron chi connectivity index (χ3n) is 9.47. The molecule has 10 nitrogen and oxygen atoms in total. The van der Waals surface area contributed by atoms with Gasteiger partial charge in [-0.1, -0.05) is 13.8 Å². The smallest absolute Gasteiger partial charge is 0.282 e. The lowest BCUT2D eigenvalue weighted by atomic mass is 9.76. The number of likely N-dealkylation sites (tertiary alicyclic amines) is 1. The van der Waals surface area contributed by atoms with Crippen LogP contribution in [0.4, 0.5) is 10.2 Å². The second kappa shape index (κ2) is 14.7. The summed E-state index contributed by atoms with van der Waals surface area (Å²) >= 11 is 0. The number of carbonyl (C=O) groups excluding carboxylic acids is 1. The van der Waals surface area contributed by atoms with Crippen LogP contribution in [0, 0.1) is 17.2 Å². The predicted molar refractivity (Wildman–Crippen MR) is 175 cm³/mol. The molecule has 1 aromatic carbocycles. The van der Waals surface area contributed by atoms with Gasteiger partial charge in [0.25, 0.3) is 11.8 Å². The van der Waals surface area contributed by atoms with Gasteiger partial charge in [-0.25, -0.2) is 9.37 Å². The maximum absolute atomic E-state index is 14.3. The molecule has 1 unspecified atom stereocenters. The van der Waals surface area contributed by atoms with E-state index >= 15 is 0 Å². The number of amides is 1. The van der Waals surface area contributed by atoms with Gasteiger partial charge in [-0.05, 0) is 91.6 Å². The van der Waals surface area contributed by atoms with E-state index in [0.29, 0.717) is 24.3 Å². The van der Waals surface area contributed by atoms with Gasteiger partial charge >= 0.3 is 0 Å². The molecular formula is C34H54FN7O3. The first-order valence-corrected chi connectivity index (χ1v) is 16.5. The highest BCUT2D eigenvalue weighted by molar-refractivity contribution is 5.97. The van der Waals surface area contributed by atoms with Crippen molar-refractivity contribution in [2.24, 2.45) is 11.3 Å². The topological polar surface area (TPSA) is 87.2 Å². The molecule has 1 spiro atoms. The Morgan fingerprint density at radius 2 is 1.91 bits per heavy atom. The number of halogens is 1. The van der Waals surface area contributed by atoms with E-state index in [1.54, 1.807) is 12.0 Å². The van der Waals surface area contributed by atoms with Crippen LogP contribution in [-0.4, -0.2) is 113 Å². The Morgan fingerprint density at radius 1 is 1.18 bits per heavy atom. The first kappa shape index (κ1) is 35.0. The summed E-state index contributed by atoms with van der Waals surface area (Å²) in [4.78, 5) is 26.8. The zero-order chi connectivity index (χ0) is 32.9. The van der Waals surface area contributed by atoms with Crippen LogP contribution in [0.2, 0.25) is 0 Å². The summed E-state index contributed by atoms with van der Waals surface area (Å²) in [6.45, 7) is 21.0. The van der Waals surface area contributed by atoms with Gasteiger partial charge in [0.1, 0.15) is 17.9 Å². The number of methoxy groups -OCH3 is 1. The van der Waals surface area contributed by atoms with Crippen LogP contribution < -0.4 is 9.64 Å². The predicted octanol–water partition coefficient (Wildman–Crippen LogP) is 5.35. The second-order valence-corrected chi connectivity index (χ2v) is 14.2. The number of anilines is 1. The summed E-state index contributed by atoms with van der Waals surface area (Å²) in [5, 5.41) is 8.23. The van der Waals surface area contributed by atoms with Crippen LogP contribution in [0.25, 0.3) is 0 Å². The van der Waals surface area contributed by atoms with Crippen molar-refractivity contribution >= 4 is 11.7 Å². The largest absolute Gasteiger partial charge is 0.434 e. The van der Waals surface area contributed by atoms with E-state index in [1.807, 2.05) is 20.8 Å². The third kappa shape index (κ3) is 8.48. The number of ether oxygens (including phenoxy) is 2. The van der Waals surface area contributed by atoms with Gasteiger partial charge in [0.15, 0.2) is 5.82 Å². The molecule has 2 aliphatic rings. The molecule has 2 aromatic rings. The number of carbonyl (C=O) groups is 1. The maximum Gasteiger partial charge on any atom is 0.282 e. The maximum atomic E-state index is 14.3. The Hall–Kier alpha value is -2.89. The van der Waals surface area contributed by atoms with Crippen molar-refractivity contribution in [3.05, 3.63) is 35.9 Å². The highest BCUT2D eigenvalue weighted by Crippen LogP contribution is 2.44. The number of benzene rings is 1. The lowest BCUT2D eigenvalue weighted by Crippen LogP contribution is -2.62. The Labute approximate surface area is 269 Å². The Bertz CT molecular complexity index is 1280. The minimum absolute atomic E-state index is 0.0415. The number of likely N-dealkylation sites (N-methyl/N-ethyl adjacent to an activating group) is 1. The van der Waals surface area contributed by atoms with Crippen LogP contribution in [0.3, 0.4) is 0 Å². The molecule has 11 heteroatoms. The van der Waals surface area contributed by atoms with E-state index in [0.717, 1.165) is 52.1 Å². The third-order valence-corrected chi connectivity index (χ3v) is 9.47. The van der Waals surface area contributed by atoms with Gasteiger partial charge in [-0.3, -0.25) is 9.69 Å². The molecule has 2 aliphatic heterocycles. The summed E-state index contributed by atoms with van der Waals surface area (Å²) in [5.74, 6) is 0.852. The molecule has 3 heterocycles. The van der Waals surface area contributed by atoms with Crippen molar-refractivity contribution in [1.29, 1.82) is 0 Å². The molecule has 45 heavy (non-hydrogen) atoms. The molecule has 1 atom stereocenters. The van der Waals surface area contributed by atoms with Crippen molar-refractivity contribution in [2.45, 2.75) is 85.4 Å². The zero-order valence-corrected chi connectivity index (χ0v) is 28.8. The lowest BCUT2D eigenvalue weighted by molar-refractivity contribution is -0.0355. The van der Waals surface area contributed by atoms with Crippen LogP contribution in [0.5, 0.6) is 11.6 Å². The molecule has 2 saturated heterocycles. The van der Waals surface area contributed by atoms with Crippen molar-refractivity contribution in [2.75, 3.05) is 64.9 Å². The SMILES string of the molecule is CCN(C(=O)c1cc(F)ccc1Oc1nncnc1N1CCC2(C1)CN(C(CCCN(C)CC(C)(C)OC)C(C)C)C2)C(C)C. The minimum Gasteiger partial charge on any atom is -0.434 e. The number of hydrogen-bond acceptors (Lipinski definition) is 9. The van der Waals surface area contributed by atoms with Gasteiger partial charge in [0, 0.05) is 63.9 Å². The van der Waals surface area contributed by atoms with E-state index in [9.17, 15) is 9.18 Å². The molecule has 0 saturated carbocycles. The molecule has 0 aliphatic carbocycles. The molecule has 0 N–H and O–H groups in total. The summed E-state index contributed by atoms with van der Waals surface area (Å²) < 4.78 is 26.1. The average Bonchev–Trinajstić information content (AvgIpc) is 3.41. The first-order chi connectivity index (χ1) is 21.3. The van der Waals surface area contributed by atoms with Gasteiger partial charge in [-0.2, -0.15) is 0 Å². The summed E-state index contributed by atoms with van der Waals surface area (Å²) in [7, 11) is 3.96.